The standard InChI is InChI=1S/C14H21NO3/c1-3-9-18-13-6-4-12(5-7-13)14(16)11-15-8-10-17-2/h4-7,15H,3,8-11H2,1-2H3. The zero-order valence-electron chi connectivity index (χ0n) is 11.1. The number of Topliss-reactive ketones (excluding diaryl/α,β-unsaturated/α-hetero) is 1. The molecule has 0 spiro atoms. The fourth-order valence-electron chi connectivity index (χ4n) is 1.44. The minimum Gasteiger partial charge on any atom is -0.494 e. The van der Waals surface area contributed by atoms with Gasteiger partial charge < -0.3 is 14.8 Å². The second kappa shape index (κ2) is 8.66. The van der Waals surface area contributed by atoms with E-state index in [0.29, 0.717) is 31.9 Å². The van der Waals surface area contributed by atoms with Gasteiger partial charge in [-0.1, -0.05) is 6.92 Å². The predicted molar refractivity (Wildman–Crippen MR) is 71.3 cm³/mol. The quantitative estimate of drug-likeness (QED) is 0.538. The summed E-state index contributed by atoms with van der Waals surface area (Å²) in [6.45, 7) is 4.38. The van der Waals surface area contributed by atoms with Crippen LogP contribution in [0.25, 0.3) is 0 Å². The van der Waals surface area contributed by atoms with Gasteiger partial charge >= 0.3 is 0 Å². The lowest BCUT2D eigenvalue weighted by Gasteiger charge is -2.06. The summed E-state index contributed by atoms with van der Waals surface area (Å²) in [5.74, 6) is 0.883. The summed E-state index contributed by atoms with van der Waals surface area (Å²) < 4.78 is 10.4. The van der Waals surface area contributed by atoms with E-state index in [4.69, 9.17) is 9.47 Å². The first kappa shape index (κ1) is 14.7. The van der Waals surface area contributed by atoms with Crippen molar-refractivity contribution in [3.05, 3.63) is 29.8 Å². The fourth-order valence-corrected chi connectivity index (χ4v) is 1.44. The molecule has 0 fully saturated rings. The number of rotatable bonds is 9. The highest BCUT2D eigenvalue weighted by atomic mass is 16.5. The van der Waals surface area contributed by atoms with Crippen molar-refractivity contribution in [2.24, 2.45) is 0 Å². The van der Waals surface area contributed by atoms with Gasteiger partial charge in [-0.05, 0) is 30.7 Å². The van der Waals surface area contributed by atoms with Gasteiger partial charge in [-0.3, -0.25) is 4.79 Å². The summed E-state index contributed by atoms with van der Waals surface area (Å²) in [6.07, 6.45) is 0.976. The summed E-state index contributed by atoms with van der Waals surface area (Å²) in [4.78, 5) is 11.8. The van der Waals surface area contributed by atoms with Crippen LogP contribution in [0.4, 0.5) is 0 Å². The topological polar surface area (TPSA) is 47.6 Å². The van der Waals surface area contributed by atoms with Crippen LogP contribution in [0.2, 0.25) is 0 Å². The maximum Gasteiger partial charge on any atom is 0.176 e. The van der Waals surface area contributed by atoms with E-state index in [1.54, 1.807) is 19.2 Å². The Bertz CT molecular complexity index is 349. The first-order valence-electron chi connectivity index (χ1n) is 6.23. The van der Waals surface area contributed by atoms with Crippen molar-refractivity contribution < 1.29 is 14.3 Å². The Morgan fingerprint density at radius 1 is 1.22 bits per heavy atom. The molecule has 18 heavy (non-hydrogen) atoms. The van der Waals surface area contributed by atoms with Gasteiger partial charge in [0.15, 0.2) is 5.78 Å². The summed E-state index contributed by atoms with van der Waals surface area (Å²) in [7, 11) is 1.64. The monoisotopic (exact) mass is 251 g/mol. The van der Waals surface area contributed by atoms with Gasteiger partial charge in [-0.2, -0.15) is 0 Å². The molecule has 0 aromatic heterocycles. The molecule has 0 bridgehead atoms. The van der Waals surface area contributed by atoms with Gasteiger partial charge in [0.1, 0.15) is 5.75 Å². The third-order valence-corrected chi connectivity index (χ3v) is 2.42. The lowest BCUT2D eigenvalue weighted by atomic mass is 10.1. The van der Waals surface area contributed by atoms with Gasteiger partial charge in [-0.15, -0.1) is 0 Å². The van der Waals surface area contributed by atoms with Crippen molar-refractivity contribution >= 4 is 5.78 Å². The Kier molecular flexibility index (Phi) is 7.06. The molecule has 0 atom stereocenters. The third-order valence-electron chi connectivity index (χ3n) is 2.42. The summed E-state index contributed by atoms with van der Waals surface area (Å²) in [5, 5.41) is 3.03. The van der Waals surface area contributed by atoms with Crippen molar-refractivity contribution in [3.63, 3.8) is 0 Å². The maximum atomic E-state index is 11.8. The Hall–Kier alpha value is -1.39. The normalized spacial score (nSPS) is 10.3. The van der Waals surface area contributed by atoms with Crippen LogP contribution in [0.3, 0.4) is 0 Å². The molecule has 0 amide bonds. The summed E-state index contributed by atoms with van der Waals surface area (Å²) in [5.41, 5.74) is 0.698. The number of benzene rings is 1. The molecule has 0 aliphatic heterocycles. The smallest absolute Gasteiger partial charge is 0.176 e. The van der Waals surface area contributed by atoms with Gasteiger partial charge in [0.25, 0.3) is 0 Å². The van der Waals surface area contributed by atoms with Crippen LogP contribution in [0.15, 0.2) is 24.3 Å². The maximum absolute atomic E-state index is 11.8. The second-order valence-corrected chi connectivity index (χ2v) is 3.97. The first-order valence-corrected chi connectivity index (χ1v) is 6.23. The van der Waals surface area contributed by atoms with E-state index in [1.165, 1.54) is 0 Å². The zero-order valence-corrected chi connectivity index (χ0v) is 11.1. The Labute approximate surface area is 108 Å². The number of hydrogen-bond acceptors (Lipinski definition) is 4. The van der Waals surface area contributed by atoms with E-state index >= 15 is 0 Å². The lowest BCUT2D eigenvalue weighted by molar-refractivity contribution is 0.0987. The average molecular weight is 251 g/mol. The molecule has 1 aromatic carbocycles. The highest BCUT2D eigenvalue weighted by molar-refractivity contribution is 5.97. The van der Waals surface area contributed by atoms with Crippen LogP contribution >= 0.6 is 0 Å². The predicted octanol–water partition coefficient (Wildman–Crippen LogP) is 1.89. The molecular formula is C14H21NO3. The first-order chi connectivity index (χ1) is 8.77. The minimum absolute atomic E-state index is 0.0770. The van der Waals surface area contributed by atoms with Crippen LogP contribution < -0.4 is 10.1 Å². The molecule has 1 N–H and O–H groups in total. The number of carbonyl (C=O) groups is 1. The molecule has 1 aromatic rings. The molecule has 0 aliphatic rings. The number of ether oxygens (including phenoxy) is 2. The number of nitrogens with one attached hydrogen (secondary N) is 1. The van der Waals surface area contributed by atoms with Crippen LogP contribution in [-0.4, -0.2) is 39.2 Å². The SMILES string of the molecule is CCCOc1ccc(C(=O)CNCCOC)cc1. The van der Waals surface area contributed by atoms with Gasteiger partial charge in [0.2, 0.25) is 0 Å². The van der Waals surface area contributed by atoms with Crippen LogP contribution in [-0.2, 0) is 4.74 Å². The van der Waals surface area contributed by atoms with Crippen molar-refractivity contribution in [1.82, 2.24) is 5.32 Å². The number of ketones is 1. The van der Waals surface area contributed by atoms with Gasteiger partial charge in [-0.25, -0.2) is 0 Å². The molecule has 4 nitrogen and oxygen atoms in total. The minimum atomic E-state index is 0.0770. The fraction of sp³-hybridized carbons (Fsp3) is 0.500. The molecule has 1 rings (SSSR count). The van der Waals surface area contributed by atoms with Crippen molar-refractivity contribution in [3.8, 4) is 5.75 Å². The highest BCUT2D eigenvalue weighted by Gasteiger charge is 2.05. The van der Waals surface area contributed by atoms with E-state index in [1.807, 2.05) is 12.1 Å². The molecular weight excluding hydrogens is 230 g/mol. The van der Waals surface area contributed by atoms with Crippen molar-refractivity contribution in [2.45, 2.75) is 13.3 Å². The molecule has 0 saturated heterocycles. The highest BCUT2D eigenvalue weighted by Crippen LogP contribution is 2.12. The average Bonchev–Trinajstić information content (AvgIpc) is 2.41. The van der Waals surface area contributed by atoms with Crippen LogP contribution in [0, 0.1) is 0 Å². The lowest BCUT2D eigenvalue weighted by Crippen LogP contribution is -2.26. The summed E-state index contributed by atoms with van der Waals surface area (Å²) in [6, 6.07) is 7.26. The van der Waals surface area contributed by atoms with E-state index in [-0.39, 0.29) is 5.78 Å². The molecule has 0 heterocycles. The van der Waals surface area contributed by atoms with E-state index < -0.39 is 0 Å². The second-order valence-electron chi connectivity index (χ2n) is 3.97. The van der Waals surface area contributed by atoms with E-state index in [9.17, 15) is 4.79 Å². The van der Waals surface area contributed by atoms with Crippen molar-refractivity contribution in [1.29, 1.82) is 0 Å². The zero-order chi connectivity index (χ0) is 13.2. The molecule has 4 heteroatoms. The number of methoxy groups -OCH3 is 1. The Balaban J connectivity index is 2.38. The van der Waals surface area contributed by atoms with Gasteiger partial charge in [0, 0.05) is 19.2 Å². The molecule has 100 valence electrons. The molecule has 0 radical (unpaired) electrons. The molecule has 0 unspecified atom stereocenters. The van der Waals surface area contributed by atoms with Crippen LogP contribution in [0.1, 0.15) is 23.7 Å². The van der Waals surface area contributed by atoms with E-state index in [0.717, 1.165) is 12.2 Å². The number of carbonyl (C=O) groups excluding carboxylic acids is 1. The molecule has 0 saturated carbocycles. The number of hydrogen-bond donors (Lipinski definition) is 1. The Morgan fingerprint density at radius 2 is 1.94 bits per heavy atom. The van der Waals surface area contributed by atoms with Crippen molar-refractivity contribution in [2.75, 3.05) is 33.4 Å². The van der Waals surface area contributed by atoms with Gasteiger partial charge in [0.05, 0.1) is 19.8 Å². The molecule has 0 aliphatic carbocycles. The van der Waals surface area contributed by atoms with E-state index in [2.05, 4.69) is 12.2 Å². The van der Waals surface area contributed by atoms with Crippen LogP contribution in [0.5, 0.6) is 5.75 Å². The Morgan fingerprint density at radius 3 is 2.56 bits per heavy atom. The largest absolute Gasteiger partial charge is 0.494 e. The third kappa shape index (κ3) is 5.29. The summed E-state index contributed by atoms with van der Waals surface area (Å²) >= 11 is 0.